The minimum atomic E-state index is -4.40. The number of hydrogen-bond donors (Lipinski definition) is 2. The second-order valence-corrected chi connectivity index (χ2v) is 9.98. The maximum Gasteiger partial charge on any atom is 0.469 e. The largest absolute Gasteiger partial charge is 0.469 e. The summed E-state index contributed by atoms with van der Waals surface area (Å²) in [6, 6.07) is 0. The molecule has 28 heavy (non-hydrogen) atoms. The summed E-state index contributed by atoms with van der Waals surface area (Å²) in [6.07, 6.45) is 20.8. The molecule has 0 bridgehead atoms. The lowest BCUT2D eigenvalue weighted by Gasteiger charge is -2.12. The lowest BCUT2D eigenvalue weighted by molar-refractivity contribution is 0.184. The first-order valence-corrected chi connectivity index (χ1v) is 13.8. The molecule has 0 aromatic carbocycles. The number of unbranched alkanes of at least 4 members (excludes halogenated alkanes) is 13. The van der Waals surface area contributed by atoms with E-state index in [1.165, 1.54) is 89.9 Å². The van der Waals surface area contributed by atoms with Crippen molar-refractivity contribution in [1.29, 1.82) is 0 Å². The van der Waals surface area contributed by atoms with E-state index in [-0.39, 0.29) is 12.5 Å². The van der Waals surface area contributed by atoms with Gasteiger partial charge in [0.2, 0.25) is 0 Å². The predicted octanol–water partition coefficient (Wildman–Crippen LogP) is 7.27. The van der Waals surface area contributed by atoms with Crippen LogP contribution in [0.1, 0.15) is 96.8 Å². The first kappa shape index (κ1) is 28.0. The molecule has 4 nitrogen and oxygen atoms in total. The van der Waals surface area contributed by atoms with Crippen LogP contribution in [0.15, 0.2) is 18.4 Å². The van der Waals surface area contributed by atoms with Gasteiger partial charge in [-0.3, -0.25) is 4.52 Å². The van der Waals surface area contributed by atoms with Crippen molar-refractivity contribution in [3.63, 3.8) is 0 Å². The summed E-state index contributed by atoms with van der Waals surface area (Å²) in [7, 11) is -4.40. The maximum absolute atomic E-state index is 10.8. The minimum Gasteiger partial charge on any atom is -0.303 e. The predicted molar refractivity (Wildman–Crippen MR) is 123 cm³/mol. The van der Waals surface area contributed by atoms with Gasteiger partial charge in [0.05, 0.1) is 6.61 Å². The molecule has 0 aliphatic heterocycles. The Bertz CT molecular complexity index is 432. The van der Waals surface area contributed by atoms with Crippen LogP contribution in [0.25, 0.3) is 0 Å². The lowest BCUT2D eigenvalue weighted by Crippen LogP contribution is -2.09. The summed E-state index contributed by atoms with van der Waals surface area (Å²) >= 11 is 1.80. The van der Waals surface area contributed by atoms with Crippen molar-refractivity contribution in [3.8, 4) is 0 Å². The van der Waals surface area contributed by atoms with Crippen LogP contribution in [-0.4, -0.2) is 27.9 Å². The average molecular weight is 435 g/mol. The third kappa shape index (κ3) is 22.3. The van der Waals surface area contributed by atoms with E-state index in [1.807, 2.05) is 0 Å². The van der Waals surface area contributed by atoms with Gasteiger partial charge in [-0.05, 0) is 18.2 Å². The van der Waals surface area contributed by atoms with Gasteiger partial charge in [-0.15, -0.1) is 5.73 Å². The molecule has 0 saturated carbocycles. The van der Waals surface area contributed by atoms with E-state index in [0.29, 0.717) is 0 Å². The Hall–Kier alpha value is -0.0200. The Morgan fingerprint density at radius 1 is 0.929 bits per heavy atom. The van der Waals surface area contributed by atoms with Crippen LogP contribution in [0.5, 0.6) is 0 Å². The van der Waals surface area contributed by atoms with Gasteiger partial charge in [-0.25, -0.2) is 4.57 Å². The van der Waals surface area contributed by atoms with E-state index in [1.54, 1.807) is 17.8 Å². The van der Waals surface area contributed by atoms with Crippen molar-refractivity contribution in [1.82, 2.24) is 0 Å². The average Bonchev–Trinajstić information content (AvgIpc) is 2.65. The molecule has 0 fully saturated rings. The Balaban J connectivity index is 3.37. The highest BCUT2D eigenvalue weighted by atomic mass is 32.2. The Morgan fingerprint density at radius 3 is 1.82 bits per heavy atom. The molecular formula is C22H43O4PS. The Morgan fingerprint density at radius 2 is 1.39 bits per heavy atom. The number of phosphoric acid groups is 1. The topological polar surface area (TPSA) is 66.8 Å². The van der Waals surface area contributed by atoms with E-state index < -0.39 is 7.82 Å². The smallest absolute Gasteiger partial charge is 0.303 e. The molecular weight excluding hydrogens is 391 g/mol. The van der Waals surface area contributed by atoms with Gasteiger partial charge in [-0.1, -0.05) is 97.0 Å². The standard InChI is InChI=1S/C22H43O4PS/c1-3-5-6-7-8-9-10-11-12-13-14-15-16-17-19-28-21-22(18-4-2)20-26-27(23,24)25/h18,22H,2-3,5-17,19-21H2,1H3,(H2,23,24,25). The van der Waals surface area contributed by atoms with Gasteiger partial charge in [0, 0.05) is 11.7 Å². The van der Waals surface area contributed by atoms with Gasteiger partial charge in [0.15, 0.2) is 0 Å². The molecule has 0 aromatic rings. The highest BCUT2D eigenvalue weighted by Crippen LogP contribution is 2.36. The molecule has 166 valence electrons. The molecule has 1 unspecified atom stereocenters. The van der Waals surface area contributed by atoms with Crippen LogP contribution in [0, 0.1) is 5.92 Å². The van der Waals surface area contributed by atoms with Gasteiger partial charge in [0.1, 0.15) is 0 Å². The number of phosphoric ester groups is 1. The Kier molecular flexibility index (Phi) is 20.2. The van der Waals surface area contributed by atoms with E-state index in [9.17, 15) is 4.57 Å². The van der Waals surface area contributed by atoms with E-state index in [0.717, 1.165) is 11.5 Å². The zero-order valence-corrected chi connectivity index (χ0v) is 19.7. The molecule has 6 heteroatoms. The fourth-order valence-electron chi connectivity index (χ4n) is 3.14. The van der Waals surface area contributed by atoms with Crippen LogP contribution in [0.2, 0.25) is 0 Å². The fraction of sp³-hybridized carbons (Fsp3) is 0.864. The zero-order chi connectivity index (χ0) is 20.9. The van der Waals surface area contributed by atoms with Gasteiger partial charge in [-0.2, -0.15) is 11.8 Å². The second-order valence-electron chi connectivity index (χ2n) is 7.59. The summed E-state index contributed by atoms with van der Waals surface area (Å²) in [5.41, 5.74) is 2.69. The minimum absolute atomic E-state index is 0.0124. The Labute approximate surface area is 177 Å². The van der Waals surface area contributed by atoms with Crippen LogP contribution >= 0.6 is 19.6 Å². The molecule has 1 atom stereocenters. The third-order valence-electron chi connectivity index (χ3n) is 4.78. The summed E-state index contributed by atoms with van der Waals surface area (Å²) in [5.74, 6) is 1.80. The zero-order valence-electron chi connectivity index (χ0n) is 17.9. The molecule has 0 amide bonds. The lowest BCUT2D eigenvalue weighted by atomic mass is 10.0. The van der Waals surface area contributed by atoms with E-state index >= 15 is 0 Å². The summed E-state index contributed by atoms with van der Waals surface area (Å²) in [5, 5.41) is 0. The van der Waals surface area contributed by atoms with E-state index in [4.69, 9.17) is 9.79 Å². The number of thioether (sulfide) groups is 1. The van der Waals surface area contributed by atoms with E-state index in [2.05, 4.69) is 23.8 Å². The van der Waals surface area contributed by atoms with Gasteiger partial charge in [0.25, 0.3) is 0 Å². The first-order chi connectivity index (χ1) is 13.5. The number of hydrogen-bond acceptors (Lipinski definition) is 3. The van der Waals surface area contributed by atoms with Gasteiger partial charge < -0.3 is 9.79 Å². The molecule has 0 spiro atoms. The van der Waals surface area contributed by atoms with Crippen LogP contribution < -0.4 is 0 Å². The molecule has 0 rings (SSSR count). The molecule has 0 heterocycles. The summed E-state index contributed by atoms with van der Waals surface area (Å²) < 4.78 is 15.4. The molecule has 0 radical (unpaired) electrons. The van der Waals surface area contributed by atoms with Gasteiger partial charge >= 0.3 is 7.82 Å². The van der Waals surface area contributed by atoms with Crippen molar-refractivity contribution in [2.45, 2.75) is 96.8 Å². The molecule has 0 aliphatic carbocycles. The van der Waals surface area contributed by atoms with Crippen molar-refractivity contribution >= 4 is 19.6 Å². The summed E-state index contributed by atoms with van der Waals surface area (Å²) in [4.78, 5) is 17.6. The first-order valence-electron chi connectivity index (χ1n) is 11.1. The monoisotopic (exact) mass is 434 g/mol. The van der Waals surface area contributed by atoms with Crippen LogP contribution in [-0.2, 0) is 9.09 Å². The normalized spacial score (nSPS) is 12.7. The quantitative estimate of drug-likeness (QED) is 0.113. The van der Waals surface area contributed by atoms with Crippen molar-refractivity contribution < 1.29 is 18.9 Å². The van der Waals surface area contributed by atoms with Crippen molar-refractivity contribution in [3.05, 3.63) is 18.4 Å². The second kappa shape index (κ2) is 20.3. The highest BCUT2D eigenvalue weighted by molar-refractivity contribution is 7.99. The SMILES string of the molecule is C=C=CC(COP(=O)(O)O)CSCCCCCCCCCCCCCCCC. The molecule has 0 aliphatic rings. The third-order valence-corrected chi connectivity index (χ3v) is 6.51. The molecule has 0 saturated heterocycles. The fourth-order valence-corrected chi connectivity index (χ4v) is 4.59. The highest BCUT2D eigenvalue weighted by Gasteiger charge is 2.16. The van der Waals surface area contributed by atoms with Crippen LogP contribution in [0.4, 0.5) is 0 Å². The molecule has 2 N–H and O–H groups in total. The number of rotatable bonds is 21. The maximum atomic E-state index is 10.8. The molecule has 0 aromatic heterocycles. The van der Waals surface area contributed by atoms with Crippen molar-refractivity contribution in [2.75, 3.05) is 18.1 Å². The van der Waals surface area contributed by atoms with Crippen molar-refractivity contribution in [2.24, 2.45) is 5.92 Å². The summed E-state index contributed by atoms with van der Waals surface area (Å²) in [6.45, 7) is 5.81. The van der Waals surface area contributed by atoms with Crippen LogP contribution in [0.3, 0.4) is 0 Å².